The molecule has 0 aliphatic heterocycles. The summed E-state index contributed by atoms with van der Waals surface area (Å²) in [6.07, 6.45) is 0. The summed E-state index contributed by atoms with van der Waals surface area (Å²) in [5.41, 5.74) is 0. The summed E-state index contributed by atoms with van der Waals surface area (Å²) >= 11 is 6.54. The van der Waals surface area contributed by atoms with E-state index >= 15 is 0 Å². The van der Waals surface area contributed by atoms with Crippen molar-refractivity contribution in [2.24, 2.45) is 0 Å². The third-order valence-electron chi connectivity index (χ3n) is 0.333. The fraction of sp³-hybridized carbons (Fsp3) is 0. The highest BCUT2D eigenvalue weighted by atomic mass is 35.5. The van der Waals surface area contributed by atoms with Crippen LogP contribution in [0.15, 0.2) is 5.38 Å². The van der Waals surface area contributed by atoms with E-state index in [1.54, 1.807) is 5.38 Å². The molecule has 1 aromatic rings. The van der Waals surface area contributed by atoms with E-state index in [1.807, 2.05) is 0 Å². The largest absolute Gasteiger partial charge is 0.164 e. The Balaban J connectivity index is 3.05. The second kappa shape index (κ2) is 1.53. The molecule has 0 saturated carbocycles. The van der Waals surface area contributed by atoms with Crippen LogP contribution in [0.1, 0.15) is 0 Å². The maximum absolute atomic E-state index is 5.29. The molecule has 0 aliphatic carbocycles. The summed E-state index contributed by atoms with van der Waals surface area (Å²) in [5, 5.41) is 5.59. The lowest BCUT2D eigenvalue weighted by Gasteiger charge is -1.57. The number of hydrogen-bond donors (Lipinski definition) is 0. The number of hydrogen-bond acceptors (Lipinski definition) is 3. The number of rotatable bonds is 0. The monoisotopic (exact) mass is 120 g/mol. The lowest BCUT2D eigenvalue weighted by molar-refractivity contribution is 1.16. The zero-order chi connectivity index (χ0) is 4.41. The van der Waals surface area contributed by atoms with Crippen molar-refractivity contribution in [2.75, 3.05) is 0 Å². The molecule has 0 aromatic carbocycles. The first-order valence-electron chi connectivity index (χ1n) is 1.32. The van der Waals surface area contributed by atoms with Gasteiger partial charge in [0.15, 0.2) is 5.15 Å². The average molecular weight is 121 g/mol. The molecule has 6 heavy (non-hydrogen) atoms. The summed E-state index contributed by atoms with van der Waals surface area (Å²) < 4.78 is 3.48. The van der Waals surface area contributed by atoms with Gasteiger partial charge in [0, 0.05) is 0 Å². The first-order valence-corrected chi connectivity index (χ1v) is 2.53. The summed E-state index contributed by atoms with van der Waals surface area (Å²) in [7, 11) is 0. The van der Waals surface area contributed by atoms with Crippen LogP contribution in [0.3, 0.4) is 0 Å². The lowest BCUT2D eigenvalue weighted by atomic mass is 11.0. The van der Waals surface area contributed by atoms with Gasteiger partial charge in [0.05, 0.1) is 5.38 Å². The third-order valence-corrected chi connectivity index (χ3v) is 1.15. The van der Waals surface area contributed by atoms with E-state index in [-0.39, 0.29) is 0 Å². The highest BCUT2D eigenvalue weighted by Gasteiger charge is 1.81. The molecule has 0 unspecified atom stereocenters. The molecular weight excluding hydrogens is 120 g/mol. The zero-order valence-electron chi connectivity index (χ0n) is 2.76. The molecule has 0 saturated heterocycles. The van der Waals surface area contributed by atoms with Crippen molar-refractivity contribution >= 4 is 23.1 Å². The molecule has 1 aromatic heterocycles. The van der Waals surface area contributed by atoms with Crippen molar-refractivity contribution in [3.63, 3.8) is 0 Å². The van der Waals surface area contributed by atoms with Gasteiger partial charge in [-0.05, 0) is 11.5 Å². The van der Waals surface area contributed by atoms with E-state index in [2.05, 4.69) is 9.59 Å². The first-order chi connectivity index (χ1) is 2.89. The minimum absolute atomic E-state index is 0.472. The molecule has 0 aliphatic rings. The SMILES string of the molecule is Clc1csnn1. The Morgan fingerprint density at radius 1 is 1.83 bits per heavy atom. The van der Waals surface area contributed by atoms with Crippen LogP contribution >= 0.6 is 23.1 Å². The Morgan fingerprint density at radius 3 is 2.83 bits per heavy atom. The van der Waals surface area contributed by atoms with E-state index < -0.39 is 0 Å². The van der Waals surface area contributed by atoms with Gasteiger partial charge < -0.3 is 0 Å². The summed E-state index contributed by atoms with van der Waals surface area (Å²) in [4.78, 5) is 0. The second-order valence-corrected chi connectivity index (χ2v) is 1.72. The van der Waals surface area contributed by atoms with Gasteiger partial charge in [0.1, 0.15) is 0 Å². The molecule has 32 valence electrons. The zero-order valence-corrected chi connectivity index (χ0v) is 4.33. The predicted octanol–water partition coefficient (Wildman–Crippen LogP) is 1.19. The van der Waals surface area contributed by atoms with Crippen LogP contribution in [0.25, 0.3) is 0 Å². The Morgan fingerprint density at radius 2 is 2.67 bits per heavy atom. The number of halogens is 1. The van der Waals surface area contributed by atoms with Gasteiger partial charge in [-0.15, -0.1) is 5.10 Å². The van der Waals surface area contributed by atoms with E-state index in [1.165, 1.54) is 11.5 Å². The molecule has 0 atom stereocenters. The first kappa shape index (κ1) is 4.02. The Hall–Kier alpha value is -0.150. The van der Waals surface area contributed by atoms with Crippen LogP contribution in [0.2, 0.25) is 5.15 Å². The molecule has 0 bridgehead atoms. The van der Waals surface area contributed by atoms with Crippen molar-refractivity contribution in [1.82, 2.24) is 9.59 Å². The van der Waals surface area contributed by atoms with Crippen LogP contribution < -0.4 is 0 Å². The van der Waals surface area contributed by atoms with E-state index in [4.69, 9.17) is 11.6 Å². The second-order valence-electron chi connectivity index (χ2n) is 0.728. The Bertz CT molecular complexity index is 115. The van der Waals surface area contributed by atoms with Crippen LogP contribution in [-0.2, 0) is 0 Å². The molecule has 0 fully saturated rings. The normalized spacial score (nSPS) is 8.83. The van der Waals surface area contributed by atoms with Crippen LogP contribution in [0.5, 0.6) is 0 Å². The Kier molecular flexibility index (Phi) is 1.03. The minimum Gasteiger partial charge on any atom is -0.126 e. The fourth-order valence-electron chi connectivity index (χ4n) is 0.153. The van der Waals surface area contributed by atoms with Crippen molar-refractivity contribution < 1.29 is 0 Å². The topological polar surface area (TPSA) is 25.8 Å². The molecule has 4 heteroatoms. The Labute approximate surface area is 43.9 Å². The molecule has 1 rings (SSSR count). The maximum Gasteiger partial charge on any atom is 0.164 e. The van der Waals surface area contributed by atoms with Crippen molar-refractivity contribution in [2.45, 2.75) is 0 Å². The third kappa shape index (κ3) is 0.666. The summed E-state index contributed by atoms with van der Waals surface area (Å²) in [6, 6.07) is 0. The van der Waals surface area contributed by atoms with Crippen LogP contribution in [0, 0.1) is 0 Å². The molecule has 0 amide bonds. The van der Waals surface area contributed by atoms with Gasteiger partial charge in [-0.3, -0.25) is 0 Å². The molecular formula is C2HClN2S. The molecule has 0 spiro atoms. The van der Waals surface area contributed by atoms with Gasteiger partial charge in [-0.25, -0.2) is 0 Å². The van der Waals surface area contributed by atoms with E-state index in [9.17, 15) is 0 Å². The lowest BCUT2D eigenvalue weighted by Crippen LogP contribution is -1.57. The van der Waals surface area contributed by atoms with E-state index in [0.29, 0.717) is 5.15 Å². The number of nitrogens with zero attached hydrogens (tertiary/aromatic N) is 2. The van der Waals surface area contributed by atoms with Crippen molar-refractivity contribution in [1.29, 1.82) is 0 Å². The highest BCUT2D eigenvalue weighted by molar-refractivity contribution is 7.03. The van der Waals surface area contributed by atoms with Gasteiger partial charge in [-0.1, -0.05) is 16.1 Å². The fourth-order valence-corrected chi connectivity index (χ4v) is 0.672. The van der Waals surface area contributed by atoms with Crippen LogP contribution in [-0.4, -0.2) is 9.59 Å². The number of aromatic nitrogens is 2. The summed E-state index contributed by atoms with van der Waals surface area (Å²) in [6.45, 7) is 0. The van der Waals surface area contributed by atoms with Gasteiger partial charge in [-0.2, -0.15) is 0 Å². The quantitative estimate of drug-likeness (QED) is 0.514. The average Bonchev–Trinajstić information content (AvgIpc) is 1.86. The highest BCUT2D eigenvalue weighted by Crippen LogP contribution is 2.01. The molecule has 2 nitrogen and oxygen atoms in total. The minimum atomic E-state index is 0.472. The molecule has 1 heterocycles. The smallest absolute Gasteiger partial charge is 0.126 e. The maximum atomic E-state index is 5.29. The van der Waals surface area contributed by atoms with Crippen molar-refractivity contribution in [3.8, 4) is 0 Å². The predicted molar refractivity (Wildman–Crippen MR) is 24.9 cm³/mol. The van der Waals surface area contributed by atoms with Gasteiger partial charge in [0.25, 0.3) is 0 Å². The summed E-state index contributed by atoms with van der Waals surface area (Å²) in [5.74, 6) is 0. The van der Waals surface area contributed by atoms with Gasteiger partial charge >= 0.3 is 0 Å². The van der Waals surface area contributed by atoms with Crippen LogP contribution in [0.4, 0.5) is 0 Å². The standard InChI is InChI=1S/C2HClN2S/c3-2-1-6-5-4-2/h1H. The molecule has 0 radical (unpaired) electrons. The van der Waals surface area contributed by atoms with Gasteiger partial charge in [0.2, 0.25) is 0 Å². The van der Waals surface area contributed by atoms with Crippen molar-refractivity contribution in [3.05, 3.63) is 10.5 Å². The van der Waals surface area contributed by atoms with E-state index in [0.717, 1.165) is 0 Å². The molecule has 0 N–H and O–H groups in total.